The monoisotopic (exact) mass is 371 g/mol. The Morgan fingerprint density at radius 1 is 1.11 bits per heavy atom. The van der Waals surface area contributed by atoms with Crippen molar-refractivity contribution >= 4 is 29.2 Å². The number of amides is 2. The van der Waals surface area contributed by atoms with E-state index in [0.29, 0.717) is 5.69 Å². The molecule has 2 aromatic rings. The summed E-state index contributed by atoms with van der Waals surface area (Å²) in [4.78, 5) is 45.3. The average Bonchev–Trinajstić information content (AvgIpc) is 2.61. The number of carboxylic acids is 1. The Morgan fingerprint density at radius 3 is 2.30 bits per heavy atom. The van der Waals surface area contributed by atoms with Crippen molar-refractivity contribution in [3.8, 4) is 0 Å². The van der Waals surface area contributed by atoms with E-state index in [9.17, 15) is 29.6 Å². The van der Waals surface area contributed by atoms with E-state index in [1.54, 1.807) is 6.07 Å². The molecular weight excluding hydrogens is 354 g/mol. The first-order valence-corrected chi connectivity index (χ1v) is 7.91. The van der Waals surface area contributed by atoms with Gasteiger partial charge in [0.2, 0.25) is 5.91 Å². The molecule has 0 radical (unpaired) electrons. The molecule has 0 fully saturated rings. The van der Waals surface area contributed by atoms with Crippen molar-refractivity contribution in [3.63, 3.8) is 0 Å². The van der Waals surface area contributed by atoms with Crippen LogP contribution < -0.4 is 10.6 Å². The van der Waals surface area contributed by atoms with E-state index < -0.39 is 22.8 Å². The lowest BCUT2D eigenvalue weighted by Gasteiger charge is -2.15. The zero-order chi connectivity index (χ0) is 20.0. The van der Waals surface area contributed by atoms with Gasteiger partial charge in [-0.1, -0.05) is 18.2 Å². The van der Waals surface area contributed by atoms with Crippen LogP contribution in [-0.2, 0) is 16.0 Å². The third-order valence-corrected chi connectivity index (χ3v) is 3.68. The predicted molar refractivity (Wildman–Crippen MR) is 96.4 cm³/mol. The fourth-order valence-electron chi connectivity index (χ4n) is 2.43. The highest BCUT2D eigenvalue weighted by Gasteiger charge is 2.24. The first kappa shape index (κ1) is 19.6. The van der Waals surface area contributed by atoms with Crippen LogP contribution >= 0.6 is 0 Å². The quantitative estimate of drug-likeness (QED) is 0.502. The van der Waals surface area contributed by atoms with Gasteiger partial charge >= 0.3 is 5.97 Å². The number of hydrogen-bond acceptors (Lipinski definition) is 5. The number of hydrogen-bond donors (Lipinski definition) is 3. The Kier molecular flexibility index (Phi) is 6.21. The molecule has 140 valence electrons. The predicted octanol–water partition coefficient (Wildman–Crippen LogP) is 1.98. The summed E-state index contributed by atoms with van der Waals surface area (Å²) in [6.07, 6.45) is -0.234. The van der Waals surface area contributed by atoms with Gasteiger partial charge in [0.1, 0.15) is 6.04 Å². The molecule has 0 aliphatic heterocycles. The third-order valence-electron chi connectivity index (χ3n) is 3.68. The second-order valence-electron chi connectivity index (χ2n) is 5.71. The van der Waals surface area contributed by atoms with Gasteiger partial charge in [0.15, 0.2) is 0 Å². The lowest BCUT2D eigenvalue weighted by atomic mass is 10.0. The van der Waals surface area contributed by atoms with E-state index in [1.807, 2.05) is 0 Å². The highest BCUT2D eigenvalue weighted by molar-refractivity contribution is 5.97. The molecule has 0 unspecified atom stereocenters. The second-order valence-corrected chi connectivity index (χ2v) is 5.71. The first-order chi connectivity index (χ1) is 12.8. The van der Waals surface area contributed by atoms with Crippen molar-refractivity contribution in [2.45, 2.75) is 19.4 Å². The van der Waals surface area contributed by atoms with E-state index in [0.717, 1.165) is 0 Å². The van der Waals surface area contributed by atoms with Gasteiger partial charge in [-0.3, -0.25) is 19.7 Å². The van der Waals surface area contributed by atoms with Crippen LogP contribution in [-0.4, -0.2) is 33.9 Å². The van der Waals surface area contributed by atoms with Crippen LogP contribution in [0, 0.1) is 10.1 Å². The number of aliphatic carboxylic acids is 1. The molecule has 1 atom stereocenters. The average molecular weight is 371 g/mol. The van der Waals surface area contributed by atoms with Crippen molar-refractivity contribution < 1.29 is 24.4 Å². The Bertz CT molecular complexity index is 879. The minimum absolute atomic E-state index is 0.193. The smallest absolute Gasteiger partial charge is 0.326 e. The van der Waals surface area contributed by atoms with Gasteiger partial charge in [-0.2, -0.15) is 0 Å². The van der Waals surface area contributed by atoms with Crippen molar-refractivity contribution in [3.05, 3.63) is 69.8 Å². The molecule has 27 heavy (non-hydrogen) atoms. The SMILES string of the molecule is CC(=O)Nc1ccc(C(=O)N[C@H](Cc2ccccc2[N+](=O)[O-])C(=O)O)cc1. The molecule has 2 rings (SSSR count). The zero-order valence-electron chi connectivity index (χ0n) is 14.3. The summed E-state index contributed by atoms with van der Waals surface area (Å²) in [5.41, 5.74) is 0.681. The molecule has 0 aliphatic rings. The van der Waals surface area contributed by atoms with Gasteiger partial charge in [0.25, 0.3) is 11.6 Å². The van der Waals surface area contributed by atoms with E-state index in [1.165, 1.54) is 49.4 Å². The molecule has 3 N–H and O–H groups in total. The number of anilines is 1. The molecule has 0 aliphatic carbocycles. The van der Waals surface area contributed by atoms with Gasteiger partial charge in [0, 0.05) is 36.2 Å². The topological polar surface area (TPSA) is 139 Å². The fraction of sp³-hybridized carbons (Fsp3) is 0.167. The van der Waals surface area contributed by atoms with Crippen molar-refractivity contribution in [1.29, 1.82) is 0 Å². The first-order valence-electron chi connectivity index (χ1n) is 7.91. The standard InChI is InChI=1S/C18H17N3O6/c1-11(22)19-14-8-6-12(7-9-14)17(23)20-15(18(24)25)10-13-4-2-3-5-16(13)21(26)27/h2-9,15H,10H2,1H3,(H,19,22)(H,20,23)(H,24,25)/t15-/m1/s1. The van der Waals surface area contributed by atoms with Gasteiger partial charge in [-0.25, -0.2) is 4.79 Å². The summed E-state index contributed by atoms with van der Waals surface area (Å²) < 4.78 is 0. The summed E-state index contributed by atoms with van der Waals surface area (Å²) in [5.74, 6) is -2.21. The summed E-state index contributed by atoms with van der Waals surface area (Å²) in [6.45, 7) is 1.35. The molecule has 0 heterocycles. The van der Waals surface area contributed by atoms with E-state index in [4.69, 9.17) is 0 Å². The highest BCUT2D eigenvalue weighted by Crippen LogP contribution is 2.19. The van der Waals surface area contributed by atoms with Crippen molar-refractivity contribution in [1.82, 2.24) is 5.32 Å². The maximum absolute atomic E-state index is 12.3. The summed E-state index contributed by atoms with van der Waals surface area (Å²) in [7, 11) is 0. The van der Waals surface area contributed by atoms with Crippen LogP contribution in [0.4, 0.5) is 11.4 Å². The van der Waals surface area contributed by atoms with Crippen LogP contribution in [0.1, 0.15) is 22.8 Å². The largest absolute Gasteiger partial charge is 0.480 e. The summed E-state index contributed by atoms with van der Waals surface area (Å²) in [5, 5.41) is 25.3. The van der Waals surface area contributed by atoms with Crippen LogP contribution in [0.3, 0.4) is 0 Å². The number of carboxylic acid groups (broad SMARTS) is 1. The summed E-state index contributed by atoms with van der Waals surface area (Å²) >= 11 is 0. The number of para-hydroxylation sites is 1. The Labute approximate surface area is 154 Å². The fourth-order valence-corrected chi connectivity index (χ4v) is 2.43. The number of nitrogens with zero attached hydrogens (tertiary/aromatic N) is 1. The number of carbonyl (C=O) groups is 3. The van der Waals surface area contributed by atoms with Crippen molar-refractivity contribution in [2.75, 3.05) is 5.32 Å². The number of carbonyl (C=O) groups excluding carboxylic acids is 2. The second kappa shape index (κ2) is 8.56. The van der Waals surface area contributed by atoms with Gasteiger partial charge in [-0.05, 0) is 24.3 Å². The molecule has 0 aromatic heterocycles. The zero-order valence-corrected chi connectivity index (χ0v) is 14.3. The number of benzene rings is 2. The van der Waals surface area contributed by atoms with Gasteiger partial charge in [0.05, 0.1) is 4.92 Å². The third kappa shape index (κ3) is 5.36. The number of rotatable bonds is 7. The summed E-state index contributed by atoms with van der Waals surface area (Å²) in [6, 6.07) is 10.3. The van der Waals surface area contributed by atoms with Gasteiger partial charge in [-0.15, -0.1) is 0 Å². The molecule has 0 saturated carbocycles. The van der Waals surface area contributed by atoms with Crippen molar-refractivity contribution in [2.24, 2.45) is 0 Å². The number of nitro benzene ring substituents is 1. The molecule has 2 aromatic carbocycles. The lowest BCUT2D eigenvalue weighted by Crippen LogP contribution is -2.42. The van der Waals surface area contributed by atoms with E-state index in [-0.39, 0.29) is 29.1 Å². The molecule has 0 spiro atoms. The molecule has 9 heteroatoms. The Balaban J connectivity index is 2.14. The van der Waals surface area contributed by atoms with Gasteiger partial charge < -0.3 is 15.7 Å². The molecule has 0 saturated heterocycles. The maximum atomic E-state index is 12.3. The Hall–Kier alpha value is -3.75. The van der Waals surface area contributed by atoms with Crippen LogP contribution in [0.15, 0.2) is 48.5 Å². The molecular formula is C18H17N3O6. The molecule has 0 bridgehead atoms. The number of nitro groups is 1. The van der Waals surface area contributed by atoms with E-state index >= 15 is 0 Å². The van der Waals surface area contributed by atoms with Crippen LogP contribution in [0.2, 0.25) is 0 Å². The van der Waals surface area contributed by atoms with Crippen LogP contribution in [0.5, 0.6) is 0 Å². The highest BCUT2D eigenvalue weighted by atomic mass is 16.6. The maximum Gasteiger partial charge on any atom is 0.326 e. The molecule has 9 nitrogen and oxygen atoms in total. The number of nitrogens with one attached hydrogen (secondary N) is 2. The molecule has 2 amide bonds. The van der Waals surface area contributed by atoms with Crippen LogP contribution in [0.25, 0.3) is 0 Å². The minimum Gasteiger partial charge on any atom is -0.480 e. The Morgan fingerprint density at radius 2 is 1.74 bits per heavy atom. The lowest BCUT2D eigenvalue weighted by molar-refractivity contribution is -0.385. The van der Waals surface area contributed by atoms with E-state index in [2.05, 4.69) is 10.6 Å². The minimum atomic E-state index is -1.34. The normalized spacial score (nSPS) is 11.3.